The first-order chi connectivity index (χ1) is 17.2. The van der Waals surface area contributed by atoms with Crippen molar-refractivity contribution in [2.75, 3.05) is 76.3 Å². The van der Waals surface area contributed by atoms with Crippen molar-refractivity contribution < 1.29 is 4.42 Å². The first-order valence-corrected chi connectivity index (χ1v) is 12.3. The van der Waals surface area contributed by atoms with Gasteiger partial charge in [0.25, 0.3) is 0 Å². The summed E-state index contributed by atoms with van der Waals surface area (Å²) in [4.78, 5) is 23.5. The van der Waals surface area contributed by atoms with Crippen LogP contribution in [-0.4, -0.2) is 91.2 Å². The fraction of sp³-hybridized carbons (Fsp3) is 0.370. The van der Waals surface area contributed by atoms with E-state index >= 15 is 0 Å². The molecule has 0 spiro atoms. The number of benzene rings is 1. The predicted octanol–water partition coefficient (Wildman–Crippen LogP) is 3.46. The third-order valence-corrected chi connectivity index (χ3v) is 7.17. The SMILES string of the molecule is CN1CCN(c2ccc(-c3oc4ncnc(N5CCN(C)CC5)c4c3-c3ccccc3)cn2)CC1. The largest absolute Gasteiger partial charge is 0.437 e. The van der Waals surface area contributed by atoms with Crippen LogP contribution in [0.4, 0.5) is 11.6 Å². The normalized spacial score (nSPS) is 17.9. The highest BCUT2D eigenvalue weighted by Crippen LogP contribution is 2.43. The van der Waals surface area contributed by atoms with Crippen molar-refractivity contribution in [1.82, 2.24) is 24.8 Å². The molecule has 6 rings (SSSR count). The van der Waals surface area contributed by atoms with Crippen LogP contribution in [0, 0.1) is 0 Å². The number of furan rings is 1. The van der Waals surface area contributed by atoms with Gasteiger partial charge in [-0.25, -0.2) is 15.0 Å². The van der Waals surface area contributed by atoms with Crippen molar-refractivity contribution in [3.8, 4) is 22.5 Å². The van der Waals surface area contributed by atoms with E-state index in [4.69, 9.17) is 14.4 Å². The molecule has 0 radical (unpaired) electrons. The second-order valence-electron chi connectivity index (χ2n) is 9.54. The fourth-order valence-corrected chi connectivity index (χ4v) is 5.00. The molecule has 1 aromatic carbocycles. The summed E-state index contributed by atoms with van der Waals surface area (Å²) in [5.41, 5.74) is 3.69. The molecule has 0 aliphatic carbocycles. The van der Waals surface area contributed by atoms with E-state index in [0.717, 1.165) is 91.8 Å². The summed E-state index contributed by atoms with van der Waals surface area (Å²) in [5, 5.41) is 0.974. The Kier molecular flexibility index (Phi) is 5.83. The average molecular weight is 470 g/mol. The molecule has 2 aliphatic heterocycles. The highest BCUT2D eigenvalue weighted by Gasteiger charge is 2.26. The molecule has 35 heavy (non-hydrogen) atoms. The Morgan fingerprint density at radius 3 is 2.03 bits per heavy atom. The third-order valence-electron chi connectivity index (χ3n) is 7.17. The number of hydrogen-bond donors (Lipinski definition) is 0. The van der Waals surface area contributed by atoms with Crippen LogP contribution < -0.4 is 9.80 Å². The van der Waals surface area contributed by atoms with Crippen molar-refractivity contribution in [2.45, 2.75) is 0 Å². The zero-order valence-corrected chi connectivity index (χ0v) is 20.4. The molecule has 3 aromatic heterocycles. The second kappa shape index (κ2) is 9.28. The number of anilines is 2. The molecule has 5 heterocycles. The number of pyridine rings is 1. The quantitative estimate of drug-likeness (QED) is 0.450. The van der Waals surface area contributed by atoms with Gasteiger partial charge in [-0.1, -0.05) is 30.3 Å². The van der Waals surface area contributed by atoms with Crippen LogP contribution in [0.5, 0.6) is 0 Å². The van der Waals surface area contributed by atoms with Crippen molar-refractivity contribution in [3.05, 3.63) is 55.0 Å². The lowest BCUT2D eigenvalue weighted by Crippen LogP contribution is -2.44. The lowest BCUT2D eigenvalue weighted by Gasteiger charge is -2.33. The second-order valence-corrected chi connectivity index (χ2v) is 9.54. The van der Waals surface area contributed by atoms with E-state index in [9.17, 15) is 0 Å². The Hall–Kier alpha value is -3.49. The number of fused-ring (bicyclic) bond motifs is 1. The number of likely N-dealkylation sites (N-methyl/N-ethyl adjacent to an activating group) is 2. The molecule has 4 aromatic rings. The maximum absolute atomic E-state index is 6.44. The number of aromatic nitrogens is 3. The van der Waals surface area contributed by atoms with Gasteiger partial charge in [0.15, 0.2) is 0 Å². The van der Waals surface area contributed by atoms with Crippen LogP contribution in [0.3, 0.4) is 0 Å². The van der Waals surface area contributed by atoms with Gasteiger partial charge in [0.1, 0.15) is 23.7 Å². The number of nitrogens with zero attached hydrogens (tertiary/aromatic N) is 7. The molecular formula is C27H31N7O. The van der Waals surface area contributed by atoms with Crippen LogP contribution in [0.25, 0.3) is 33.6 Å². The molecule has 0 amide bonds. The van der Waals surface area contributed by atoms with Gasteiger partial charge in [0.2, 0.25) is 5.71 Å². The molecule has 8 heteroatoms. The Bertz CT molecular complexity index is 1290. The summed E-state index contributed by atoms with van der Waals surface area (Å²) in [6.45, 7) is 7.97. The van der Waals surface area contributed by atoms with E-state index in [2.05, 4.69) is 75.1 Å². The number of piperazine rings is 2. The average Bonchev–Trinajstić information content (AvgIpc) is 3.30. The van der Waals surface area contributed by atoms with Gasteiger partial charge < -0.3 is 24.0 Å². The van der Waals surface area contributed by atoms with E-state index in [1.54, 1.807) is 6.33 Å². The maximum atomic E-state index is 6.44. The van der Waals surface area contributed by atoms with Crippen LogP contribution in [0.1, 0.15) is 0 Å². The van der Waals surface area contributed by atoms with Crippen molar-refractivity contribution in [2.24, 2.45) is 0 Å². The molecule has 0 N–H and O–H groups in total. The van der Waals surface area contributed by atoms with E-state index in [1.165, 1.54) is 0 Å². The van der Waals surface area contributed by atoms with E-state index in [-0.39, 0.29) is 0 Å². The molecule has 2 aliphatic rings. The Morgan fingerprint density at radius 2 is 1.37 bits per heavy atom. The molecule has 180 valence electrons. The summed E-state index contributed by atoms with van der Waals surface area (Å²) >= 11 is 0. The van der Waals surface area contributed by atoms with Crippen molar-refractivity contribution in [3.63, 3.8) is 0 Å². The topological polar surface area (TPSA) is 64.8 Å². The molecule has 8 nitrogen and oxygen atoms in total. The monoisotopic (exact) mass is 469 g/mol. The highest BCUT2D eigenvalue weighted by atomic mass is 16.3. The highest BCUT2D eigenvalue weighted by molar-refractivity contribution is 6.06. The van der Waals surface area contributed by atoms with E-state index < -0.39 is 0 Å². The van der Waals surface area contributed by atoms with Gasteiger partial charge >= 0.3 is 0 Å². The minimum Gasteiger partial charge on any atom is -0.437 e. The molecule has 2 saturated heterocycles. The summed E-state index contributed by atoms with van der Waals surface area (Å²) in [7, 11) is 4.33. The predicted molar refractivity (Wildman–Crippen MR) is 140 cm³/mol. The first-order valence-electron chi connectivity index (χ1n) is 12.3. The zero-order chi connectivity index (χ0) is 23.8. The zero-order valence-electron chi connectivity index (χ0n) is 20.4. The third kappa shape index (κ3) is 4.24. The van der Waals surface area contributed by atoms with Crippen LogP contribution in [0.15, 0.2) is 59.4 Å². The molecule has 0 bridgehead atoms. The molecule has 0 unspecified atom stereocenters. The van der Waals surface area contributed by atoms with Gasteiger partial charge in [-0.2, -0.15) is 0 Å². The summed E-state index contributed by atoms with van der Waals surface area (Å²) < 4.78 is 6.44. The minimum absolute atomic E-state index is 0.617. The van der Waals surface area contributed by atoms with Crippen LogP contribution >= 0.6 is 0 Å². The van der Waals surface area contributed by atoms with Gasteiger partial charge in [0, 0.05) is 69.7 Å². The van der Waals surface area contributed by atoms with E-state index in [1.807, 2.05) is 12.3 Å². The van der Waals surface area contributed by atoms with E-state index in [0.29, 0.717) is 5.71 Å². The van der Waals surface area contributed by atoms with Gasteiger partial charge in [-0.3, -0.25) is 0 Å². The van der Waals surface area contributed by atoms with Gasteiger partial charge in [-0.05, 0) is 31.8 Å². The Morgan fingerprint density at radius 1 is 0.686 bits per heavy atom. The maximum Gasteiger partial charge on any atom is 0.232 e. The number of rotatable bonds is 4. The van der Waals surface area contributed by atoms with Crippen molar-refractivity contribution >= 4 is 22.7 Å². The lowest BCUT2D eigenvalue weighted by atomic mass is 9.99. The van der Waals surface area contributed by atoms with Gasteiger partial charge in [0.05, 0.1) is 5.39 Å². The first kappa shape index (κ1) is 22.0. The molecule has 2 fully saturated rings. The summed E-state index contributed by atoms with van der Waals surface area (Å²) in [6, 6.07) is 14.6. The number of hydrogen-bond acceptors (Lipinski definition) is 8. The van der Waals surface area contributed by atoms with Gasteiger partial charge in [-0.15, -0.1) is 0 Å². The minimum atomic E-state index is 0.617. The standard InChI is InChI=1S/C27H31N7O/c1-31-10-14-33(15-11-31)22-9-8-21(18-28-22)25-23(20-6-4-3-5-7-20)24-26(29-19-30-27(24)35-25)34-16-12-32(2)13-17-34/h3-9,18-19H,10-17H2,1-2H3. The summed E-state index contributed by atoms with van der Waals surface area (Å²) in [5.74, 6) is 2.75. The van der Waals surface area contributed by atoms with Crippen LogP contribution in [-0.2, 0) is 0 Å². The molecule has 0 saturated carbocycles. The fourth-order valence-electron chi connectivity index (χ4n) is 5.00. The molecule has 0 atom stereocenters. The van der Waals surface area contributed by atoms with Crippen LogP contribution in [0.2, 0.25) is 0 Å². The van der Waals surface area contributed by atoms with Crippen molar-refractivity contribution in [1.29, 1.82) is 0 Å². The Labute approximate surface area is 205 Å². The smallest absolute Gasteiger partial charge is 0.232 e. The lowest BCUT2D eigenvalue weighted by molar-refractivity contribution is 0.312. The summed E-state index contributed by atoms with van der Waals surface area (Å²) in [6.07, 6.45) is 3.55. The Balaban J connectivity index is 1.44. The molecular weight excluding hydrogens is 438 g/mol.